The SMILES string of the molecule is CCCCOC(=O)c1ccc(NC(=O)CCCC(=O)OCC(=O)Nc2ccc(Cl)cc2Cl)cc1. The molecule has 10 heteroatoms. The van der Waals surface area contributed by atoms with Crippen LogP contribution in [-0.4, -0.2) is 37.0 Å². The van der Waals surface area contributed by atoms with Gasteiger partial charge in [0, 0.05) is 23.6 Å². The maximum atomic E-state index is 12.1. The van der Waals surface area contributed by atoms with E-state index in [1.54, 1.807) is 30.3 Å². The number of nitrogens with one attached hydrogen (secondary N) is 2. The Kier molecular flexibility index (Phi) is 11.4. The summed E-state index contributed by atoms with van der Waals surface area (Å²) in [5.74, 6) is -1.85. The van der Waals surface area contributed by atoms with Crippen molar-refractivity contribution in [2.24, 2.45) is 0 Å². The summed E-state index contributed by atoms with van der Waals surface area (Å²) in [5, 5.41) is 5.90. The standard InChI is InChI=1S/C24H26Cl2N2O6/c1-2-3-13-33-24(32)16-7-10-18(11-8-16)27-21(29)5-4-6-23(31)34-15-22(30)28-20-12-9-17(25)14-19(20)26/h7-12,14H,2-6,13,15H2,1H3,(H,27,29)(H,28,30). The second-order valence-corrected chi connectivity index (χ2v) is 8.15. The molecule has 0 bridgehead atoms. The number of benzene rings is 2. The highest BCUT2D eigenvalue weighted by molar-refractivity contribution is 6.36. The van der Waals surface area contributed by atoms with Gasteiger partial charge in [-0.05, 0) is 55.3 Å². The van der Waals surface area contributed by atoms with Crippen molar-refractivity contribution in [1.82, 2.24) is 0 Å². The van der Waals surface area contributed by atoms with E-state index in [9.17, 15) is 19.2 Å². The van der Waals surface area contributed by atoms with E-state index < -0.39 is 24.5 Å². The van der Waals surface area contributed by atoms with Gasteiger partial charge in [-0.2, -0.15) is 0 Å². The van der Waals surface area contributed by atoms with E-state index in [1.807, 2.05) is 6.92 Å². The van der Waals surface area contributed by atoms with Crippen LogP contribution in [0.25, 0.3) is 0 Å². The van der Waals surface area contributed by atoms with E-state index in [-0.39, 0.29) is 30.2 Å². The molecule has 2 amide bonds. The second kappa shape index (κ2) is 14.2. The third-order valence-electron chi connectivity index (χ3n) is 4.49. The van der Waals surface area contributed by atoms with Gasteiger partial charge in [0.1, 0.15) is 0 Å². The van der Waals surface area contributed by atoms with Gasteiger partial charge in [-0.1, -0.05) is 36.5 Å². The lowest BCUT2D eigenvalue weighted by atomic mass is 10.2. The minimum absolute atomic E-state index is 0.0229. The van der Waals surface area contributed by atoms with Crippen LogP contribution in [0.15, 0.2) is 42.5 Å². The van der Waals surface area contributed by atoms with Crippen molar-refractivity contribution in [2.45, 2.75) is 39.0 Å². The highest BCUT2D eigenvalue weighted by Crippen LogP contribution is 2.25. The molecule has 0 heterocycles. The molecule has 0 aromatic heterocycles. The third-order valence-corrected chi connectivity index (χ3v) is 5.04. The Hall–Kier alpha value is -3.10. The quantitative estimate of drug-likeness (QED) is 0.299. The molecule has 182 valence electrons. The number of hydrogen-bond donors (Lipinski definition) is 2. The predicted octanol–water partition coefficient (Wildman–Crippen LogP) is 5.24. The first-order chi connectivity index (χ1) is 16.3. The van der Waals surface area contributed by atoms with Crippen LogP contribution in [0.4, 0.5) is 11.4 Å². The van der Waals surface area contributed by atoms with Crippen LogP contribution in [-0.2, 0) is 23.9 Å². The van der Waals surface area contributed by atoms with Crippen molar-refractivity contribution in [3.8, 4) is 0 Å². The summed E-state index contributed by atoms with van der Waals surface area (Å²) in [5.41, 5.74) is 1.28. The smallest absolute Gasteiger partial charge is 0.338 e. The molecule has 0 spiro atoms. The maximum Gasteiger partial charge on any atom is 0.338 e. The van der Waals surface area contributed by atoms with Gasteiger partial charge in [-0.15, -0.1) is 0 Å². The van der Waals surface area contributed by atoms with E-state index >= 15 is 0 Å². The molecule has 8 nitrogen and oxygen atoms in total. The van der Waals surface area contributed by atoms with Crippen molar-refractivity contribution in [1.29, 1.82) is 0 Å². The number of carbonyl (C=O) groups is 4. The lowest BCUT2D eigenvalue weighted by Crippen LogP contribution is -2.21. The number of amides is 2. The topological polar surface area (TPSA) is 111 Å². The Balaban J connectivity index is 1.65. The molecule has 0 unspecified atom stereocenters. The van der Waals surface area contributed by atoms with Gasteiger partial charge in [-0.3, -0.25) is 14.4 Å². The Bertz CT molecular complexity index is 1010. The molecule has 0 saturated heterocycles. The minimum atomic E-state index is -0.601. The lowest BCUT2D eigenvalue weighted by molar-refractivity contribution is -0.147. The average Bonchev–Trinajstić information content (AvgIpc) is 2.80. The van der Waals surface area contributed by atoms with Gasteiger partial charge >= 0.3 is 11.9 Å². The molecule has 2 N–H and O–H groups in total. The Morgan fingerprint density at radius 2 is 1.59 bits per heavy atom. The predicted molar refractivity (Wildman–Crippen MR) is 130 cm³/mol. The average molecular weight is 509 g/mol. The summed E-state index contributed by atoms with van der Waals surface area (Å²) in [6.07, 6.45) is 2.05. The zero-order chi connectivity index (χ0) is 24.9. The molecule has 0 fully saturated rings. The number of carbonyl (C=O) groups excluding carboxylic acids is 4. The minimum Gasteiger partial charge on any atom is -0.462 e. The van der Waals surface area contributed by atoms with Crippen LogP contribution in [0.1, 0.15) is 49.4 Å². The van der Waals surface area contributed by atoms with E-state index in [4.69, 9.17) is 32.7 Å². The van der Waals surface area contributed by atoms with Crippen molar-refractivity contribution in [2.75, 3.05) is 23.8 Å². The zero-order valence-corrected chi connectivity index (χ0v) is 20.2. The van der Waals surface area contributed by atoms with Crippen LogP contribution in [0.5, 0.6) is 0 Å². The van der Waals surface area contributed by atoms with Gasteiger partial charge in [-0.25, -0.2) is 4.79 Å². The summed E-state index contributed by atoms with van der Waals surface area (Å²) in [7, 11) is 0. The summed E-state index contributed by atoms with van der Waals surface area (Å²) in [6, 6.07) is 10.9. The molecule has 0 atom stereocenters. The molecule has 34 heavy (non-hydrogen) atoms. The second-order valence-electron chi connectivity index (χ2n) is 7.30. The third kappa shape index (κ3) is 9.80. The molecule has 0 aliphatic heterocycles. The molecular weight excluding hydrogens is 483 g/mol. The van der Waals surface area contributed by atoms with E-state index in [0.717, 1.165) is 12.8 Å². The van der Waals surface area contributed by atoms with E-state index in [0.29, 0.717) is 28.6 Å². The van der Waals surface area contributed by atoms with Gasteiger partial charge in [0.05, 0.1) is 22.9 Å². The normalized spacial score (nSPS) is 10.3. The largest absolute Gasteiger partial charge is 0.462 e. The fraction of sp³-hybridized carbons (Fsp3) is 0.333. The Morgan fingerprint density at radius 1 is 0.853 bits per heavy atom. The molecule has 0 aliphatic carbocycles. The molecule has 2 aromatic rings. The molecule has 0 saturated carbocycles. The molecule has 0 radical (unpaired) electrons. The van der Waals surface area contributed by atoms with Gasteiger partial charge in [0.15, 0.2) is 6.61 Å². The first-order valence-corrected chi connectivity index (χ1v) is 11.5. The highest BCUT2D eigenvalue weighted by atomic mass is 35.5. The molecular formula is C24H26Cl2N2O6. The van der Waals surface area contributed by atoms with Crippen LogP contribution < -0.4 is 10.6 Å². The monoisotopic (exact) mass is 508 g/mol. The number of halogens is 2. The number of anilines is 2. The van der Waals surface area contributed by atoms with E-state index in [1.165, 1.54) is 12.1 Å². The maximum absolute atomic E-state index is 12.1. The summed E-state index contributed by atoms with van der Waals surface area (Å²) < 4.78 is 10.0. The number of unbranched alkanes of at least 4 members (excludes halogenated alkanes) is 1. The summed E-state index contributed by atoms with van der Waals surface area (Å²) in [6.45, 7) is 1.91. The highest BCUT2D eigenvalue weighted by Gasteiger charge is 2.12. The van der Waals surface area contributed by atoms with Gasteiger partial charge < -0.3 is 20.1 Å². The van der Waals surface area contributed by atoms with Crippen molar-refractivity contribution < 1.29 is 28.7 Å². The summed E-state index contributed by atoms with van der Waals surface area (Å²) >= 11 is 11.8. The fourth-order valence-corrected chi connectivity index (χ4v) is 3.15. The molecule has 0 aliphatic rings. The lowest BCUT2D eigenvalue weighted by Gasteiger charge is -2.09. The van der Waals surface area contributed by atoms with Crippen molar-refractivity contribution in [3.05, 3.63) is 58.1 Å². The van der Waals surface area contributed by atoms with Crippen LogP contribution in [0, 0.1) is 0 Å². The molecule has 2 rings (SSSR count). The Labute approximate surface area is 207 Å². The molecule has 2 aromatic carbocycles. The van der Waals surface area contributed by atoms with E-state index in [2.05, 4.69) is 10.6 Å². The van der Waals surface area contributed by atoms with Crippen LogP contribution >= 0.6 is 23.2 Å². The van der Waals surface area contributed by atoms with Gasteiger partial charge in [0.2, 0.25) is 5.91 Å². The number of esters is 2. The van der Waals surface area contributed by atoms with Crippen molar-refractivity contribution >= 4 is 58.3 Å². The van der Waals surface area contributed by atoms with Crippen LogP contribution in [0.3, 0.4) is 0 Å². The zero-order valence-electron chi connectivity index (χ0n) is 18.7. The number of hydrogen-bond acceptors (Lipinski definition) is 6. The van der Waals surface area contributed by atoms with Crippen LogP contribution in [0.2, 0.25) is 10.0 Å². The number of ether oxygens (including phenoxy) is 2. The summed E-state index contributed by atoms with van der Waals surface area (Å²) in [4.78, 5) is 47.7. The Morgan fingerprint density at radius 3 is 2.26 bits per heavy atom. The number of rotatable bonds is 12. The van der Waals surface area contributed by atoms with Crippen molar-refractivity contribution in [3.63, 3.8) is 0 Å². The first-order valence-electron chi connectivity index (χ1n) is 10.8. The van der Waals surface area contributed by atoms with Gasteiger partial charge in [0.25, 0.3) is 5.91 Å². The fourth-order valence-electron chi connectivity index (χ4n) is 2.69. The first kappa shape index (κ1) is 27.1.